The smallest absolute Gasteiger partial charge is 0.338 e. The van der Waals surface area contributed by atoms with E-state index in [1.54, 1.807) is 36.9 Å². The van der Waals surface area contributed by atoms with Crippen LogP contribution in [0, 0.1) is 5.82 Å². The Bertz CT molecular complexity index is 1670. The topological polar surface area (TPSA) is 60.7 Å². The highest BCUT2D eigenvalue weighted by molar-refractivity contribution is 7.98. The second kappa shape index (κ2) is 10.7. The molecule has 186 valence electrons. The summed E-state index contributed by atoms with van der Waals surface area (Å²) >= 11 is 2.77. The molecular weight excluding hydrogens is 507 g/mol. The molecule has 1 aliphatic rings. The second-order valence-electron chi connectivity index (χ2n) is 8.44. The van der Waals surface area contributed by atoms with Crippen molar-refractivity contribution in [2.24, 2.45) is 4.99 Å². The molecule has 0 saturated heterocycles. The van der Waals surface area contributed by atoms with Crippen molar-refractivity contribution < 1.29 is 13.9 Å². The zero-order valence-electron chi connectivity index (χ0n) is 20.2. The lowest BCUT2D eigenvalue weighted by molar-refractivity contribution is -0.140. The van der Waals surface area contributed by atoms with E-state index < -0.39 is 17.8 Å². The van der Waals surface area contributed by atoms with Gasteiger partial charge < -0.3 is 4.74 Å². The van der Waals surface area contributed by atoms with Crippen molar-refractivity contribution in [1.29, 1.82) is 0 Å². The molecular formula is C29H23FN2O3S2. The predicted octanol–water partition coefficient (Wildman–Crippen LogP) is 4.84. The van der Waals surface area contributed by atoms with Crippen LogP contribution in [0.4, 0.5) is 4.39 Å². The van der Waals surface area contributed by atoms with Gasteiger partial charge in [-0.2, -0.15) is 0 Å². The first kappa shape index (κ1) is 24.9. The fourth-order valence-electron chi connectivity index (χ4n) is 4.22. The quantitative estimate of drug-likeness (QED) is 0.264. The molecule has 0 saturated carbocycles. The van der Waals surface area contributed by atoms with Crippen LogP contribution in [0.25, 0.3) is 6.08 Å². The Labute approximate surface area is 221 Å². The zero-order chi connectivity index (χ0) is 25.9. The SMILES string of the molecule is CSc1ccc(C2C(C(=O)OCc3ccccc3)=C(C)N=c3sc(=Cc4ccccc4F)c(=O)n32)cc1. The molecule has 37 heavy (non-hydrogen) atoms. The number of hydrogen-bond acceptors (Lipinski definition) is 6. The Morgan fingerprint density at radius 3 is 2.49 bits per heavy atom. The van der Waals surface area contributed by atoms with Crippen molar-refractivity contribution in [3.05, 3.63) is 132 Å². The Balaban J connectivity index is 1.63. The molecule has 0 radical (unpaired) electrons. The molecule has 2 heterocycles. The predicted molar refractivity (Wildman–Crippen MR) is 145 cm³/mol. The third-order valence-electron chi connectivity index (χ3n) is 6.08. The number of benzene rings is 3. The van der Waals surface area contributed by atoms with Crippen molar-refractivity contribution >= 4 is 35.1 Å². The van der Waals surface area contributed by atoms with Gasteiger partial charge in [0.15, 0.2) is 4.80 Å². The Morgan fingerprint density at radius 2 is 1.78 bits per heavy atom. The first-order chi connectivity index (χ1) is 18.0. The van der Waals surface area contributed by atoms with E-state index in [9.17, 15) is 14.0 Å². The van der Waals surface area contributed by atoms with E-state index in [0.717, 1.165) is 16.0 Å². The van der Waals surface area contributed by atoms with Gasteiger partial charge in [-0.3, -0.25) is 9.36 Å². The monoisotopic (exact) mass is 530 g/mol. The van der Waals surface area contributed by atoms with E-state index >= 15 is 0 Å². The molecule has 1 aliphatic heterocycles. The summed E-state index contributed by atoms with van der Waals surface area (Å²) in [5.41, 5.74) is 2.38. The number of esters is 1. The zero-order valence-corrected chi connectivity index (χ0v) is 21.8. The second-order valence-corrected chi connectivity index (χ2v) is 10.3. The third kappa shape index (κ3) is 5.08. The van der Waals surface area contributed by atoms with Gasteiger partial charge in [0.1, 0.15) is 12.4 Å². The average molecular weight is 531 g/mol. The van der Waals surface area contributed by atoms with Gasteiger partial charge in [0.25, 0.3) is 5.56 Å². The minimum absolute atomic E-state index is 0.103. The molecule has 5 rings (SSSR count). The van der Waals surface area contributed by atoms with E-state index in [0.29, 0.717) is 26.2 Å². The number of rotatable bonds is 6. The number of nitrogens with zero attached hydrogens (tertiary/aromatic N) is 2. The number of carbonyl (C=O) groups is 1. The lowest BCUT2D eigenvalue weighted by atomic mass is 9.96. The maximum Gasteiger partial charge on any atom is 0.338 e. The number of thiazole rings is 1. The van der Waals surface area contributed by atoms with Crippen LogP contribution < -0.4 is 14.9 Å². The van der Waals surface area contributed by atoms with Gasteiger partial charge in [-0.1, -0.05) is 72.0 Å². The molecule has 1 aromatic heterocycles. The van der Waals surface area contributed by atoms with Crippen LogP contribution in [0.15, 0.2) is 105 Å². The highest BCUT2D eigenvalue weighted by Crippen LogP contribution is 2.32. The number of carbonyl (C=O) groups excluding carboxylic acids is 1. The van der Waals surface area contributed by atoms with Gasteiger partial charge in [0.05, 0.1) is 21.8 Å². The van der Waals surface area contributed by atoms with E-state index in [4.69, 9.17) is 4.74 Å². The first-order valence-electron chi connectivity index (χ1n) is 11.6. The van der Waals surface area contributed by atoms with Crippen LogP contribution in [0.3, 0.4) is 0 Å². The van der Waals surface area contributed by atoms with Crippen molar-refractivity contribution in [3.63, 3.8) is 0 Å². The van der Waals surface area contributed by atoms with Gasteiger partial charge in [-0.05, 0) is 48.6 Å². The summed E-state index contributed by atoms with van der Waals surface area (Å²) in [4.78, 5) is 33.2. The molecule has 0 bridgehead atoms. The Hall–Kier alpha value is -3.75. The highest BCUT2D eigenvalue weighted by Gasteiger charge is 2.33. The number of ether oxygens (including phenoxy) is 1. The number of aromatic nitrogens is 1. The number of fused-ring (bicyclic) bond motifs is 1. The molecule has 3 aromatic carbocycles. The molecule has 0 spiro atoms. The van der Waals surface area contributed by atoms with Crippen LogP contribution in [0.1, 0.15) is 29.7 Å². The highest BCUT2D eigenvalue weighted by atomic mass is 32.2. The van der Waals surface area contributed by atoms with Gasteiger partial charge in [0, 0.05) is 10.5 Å². The number of hydrogen-bond donors (Lipinski definition) is 0. The van der Waals surface area contributed by atoms with E-state index in [-0.39, 0.29) is 12.2 Å². The van der Waals surface area contributed by atoms with Crippen molar-refractivity contribution in [1.82, 2.24) is 4.57 Å². The maximum absolute atomic E-state index is 14.3. The molecule has 0 amide bonds. The standard InChI is InChI=1S/C29H23FN2O3S2/c1-18-25(28(34)35-17-19-8-4-3-5-9-19)26(20-12-14-22(36-2)15-13-20)32-27(33)24(37-29(32)31-18)16-21-10-6-7-11-23(21)30/h3-16,26H,17H2,1-2H3. The summed E-state index contributed by atoms with van der Waals surface area (Å²) in [6.45, 7) is 1.85. The first-order valence-corrected chi connectivity index (χ1v) is 13.6. The fourth-order valence-corrected chi connectivity index (χ4v) is 5.66. The maximum atomic E-state index is 14.3. The van der Waals surface area contributed by atoms with Gasteiger partial charge >= 0.3 is 5.97 Å². The minimum Gasteiger partial charge on any atom is -0.457 e. The Kier molecular flexibility index (Phi) is 7.21. The summed E-state index contributed by atoms with van der Waals surface area (Å²) in [6.07, 6.45) is 3.51. The van der Waals surface area contributed by atoms with Crippen molar-refractivity contribution in [2.75, 3.05) is 6.26 Å². The van der Waals surface area contributed by atoms with Gasteiger partial charge in [-0.15, -0.1) is 11.8 Å². The fraction of sp³-hybridized carbons (Fsp3) is 0.138. The van der Waals surface area contributed by atoms with E-state index in [1.807, 2.05) is 60.9 Å². The summed E-state index contributed by atoms with van der Waals surface area (Å²) in [5, 5.41) is 0. The summed E-state index contributed by atoms with van der Waals surface area (Å²) in [6, 6.07) is 22.7. The van der Waals surface area contributed by atoms with E-state index in [2.05, 4.69) is 4.99 Å². The summed E-state index contributed by atoms with van der Waals surface area (Å²) in [7, 11) is 0. The minimum atomic E-state index is -0.724. The van der Waals surface area contributed by atoms with E-state index in [1.165, 1.54) is 28.0 Å². The van der Waals surface area contributed by atoms with Crippen LogP contribution in [-0.4, -0.2) is 16.8 Å². The average Bonchev–Trinajstić information content (AvgIpc) is 3.22. The lowest BCUT2D eigenvalue weighted by Gasteiger charge is -2.25. The van der Waals surface area contributed by atoms with Crippen LogP contribution in [-0.2, 0) is 16.1 Å². The normalized spacial score (nSPS) is 15.3. The molecule has 4 aromatic rings. The van der Waals surface area contributed by atoms with Crippen LogP contribution in [0.2, 0.25) is 0 Å². The molecule has 0 fully saturated rings. The number of thioether (sulfide) groups is 1. The van der Waals surface area contributed by atoms with Crippen molar-refractivity contribution in [3.8, 4) is 0 Å². The third-order valence-corrected chi connectivity index (χ3v) is 7.80. The lowest BCUT2D eigenvalue weighted by Crippen LogP contribution is -2.39. The largest absolute Gasteiger partial charge is 0.457 e. The molecule has 0 aliphatic carbocycles. The number of halogens is 1. The van der Waals surface area contributed by atoms with Crippen LogP contribution in [0.5, 0.6) is 0 Å². The van der Waals surface area contributed by atoms with Gasteiger partial charge in [-0.25, -0.2) is 14.2 Å². The van der Waals surface area contributed by atoms with Crippen LogP contribution >= 0.6 is 23.1 Å². The van der Waals surface area contributed by atoms with Gasteiger partial charge in [0.2, 0.25) is 0 Å². The summed E-state index contributed by atoms with van der Waals surface area (Å²) in [5.74, 6) is -0.952. The number of allylic oxidation sites excluding steroid dienone is 1. The molecule has 0 N–H and O–H groups in total. The van der Waals surface area contributed by atoms with Crippen molar-refractivity contribution in [2.45, 2.75) is 24.5 Å². The molecule has 8 heteroatoms. The molecule has 1 atom stereocenters. The molecule has 1 unspecified atom stereocenters. The molecule has 5 nitrogen and oxygen atoms in total. The Morgan fingerprint density at radius 1 is 1.08 bits per heavy atom. The summed E-state index contributed by atoms with van der Waals surface area (Å²) < 4.78 is 21.9.